The smallest absolute Gasteiger partial charge is 0.329 e. The zero-order valence-electron chi connectivity index (χ0n) is 11.9. The van der Waals surface area contributed by atoms with Gasteiger partial charge in [-0.1, -0.05) is 13.3 Å². The molecule has 110 valence electrons. The molecule has 0 aromatic carbocycles. The number of aliphatic carboxylic acids is 1. The molecule has 1 aliphatic rings. The first-order chi connectivity index (χ1) is 9.49. The van der Waals surface area contributed by atoms with Crippen molar-refractivity contribution in [1.82, 2.24) is 9.88 Å². The predicted molar refractivity (Wildman–Crippen MR) is 76.8 cm³/mol. The fourth-order valence-corrected chi connectivity index (χ4v) is 3.60. The van der Waals surface area contributed by atoms with Crippen LogP contribution >= 0.6 is 11.3 Å². The number of rotatable bonds is 5. The second-order valence-electron chi connectivity index (χ2n) is 5.27. The van der Waals surface area contributed by atoms with Gasteiger partial charge in [0.1, 0.15) is 5.54 Å². The number of hydrogen-bond donors (Lipinski definition) is 1. The number of carboxylic acid groups (broad SMARTS) is 1. The Hall–Kier alpha value is -1.43. The Morgan fingerprint density at radius 3 is 2.85 bits per heavy atom. The van der Waals surface area contributed by atoms with Crippen LogP contribution in [-0.2, 0) is 16.0 Å². The maximum atomic E-state index is 12.4. The molecule has 1 aromatic heterocycles. The highest BCUT2D eigenvalue weighted by molar-refractivity contribution is 7.09. The van der Waals surface area contributed by atoms with Gasteiger partial charge in [0.15, 0.2) is 0 Å². The van der Waals surface area contributed by atoms with Crippen molar-refractivity contribution in [1.29, 1.82) is 0 Å². The van der Waals surface area contributed by atoms with E-state index in [-0.39, 0.29) is 12.3 Å². The summed E-state index contributed by atoms with van der Waals surface area (Å²) in [5.74, 6) is -0.997. The minimum absolute atomic E-state index is 0.122. The molecule has 0 bridgehead atoms. The topological polar surface area (TPSA) is 70.5 Å². The summed E-state index contributed by atoms with van der Waals surface area (Å²) in [4.78, 5) is 30.0. The van der Waals surface area contributed by atoms with Gasteiger partial charge >= 0.3 is 5.97 Å². The van der Waals surface area contributed by atoms with Gasteiger partial charge in [-0.25, -0.2) is 9.78 Å². The summed E-state index contributed by atoms with van der Waals surface area (Å²) in [6, 6.07) is 0. The monoisotopic (exact) mass is 296 g/mol. The van der Waals surface area contributed by atoms with Gasteiger partial charge in [0, 0.05) is 11.9 Å². The molecular weight excluding hydrogens is 276 g/mol. The van der Waals surface area contributed by atoms with Crippen LogP contribution in [-0.4, -0.2) is 39.0 Å². The Bertz CT molecular complexity index is 514. The predicted octanol–water partition coefficient (Wildman–Crippen LogP) is 2.24. The minimum atomic E-state index is -1.00. The maximum Gasteiger partial charge on any atom is 0.329 e. The van der Waals surface area contributed by atoms with Crippen molar-refractivity contribution in [2.75, 3.05) is 6.54 Å². The molecule has 1 amide bonds. The minimum Gasteiger partial charge on any atom is -0.479 e. The van der Waals surface area contributed by atoms with E-state index >= 15 is 0 Å². The van der Waals surface area contributed by atoms with E-state index in [1.807, 2.05) is 19.2 Å². The number of carbonyl (C=O) groups excluding carboxylic acids is 1. The van der Waals surface area contributed by atoms with Gasteiger partial charge in [0.05, 0.1) is 17.1 Å². The van der Waals surface area contributed by atoms with Crippen LogP contribution in [0.5, 0.6) is 0 Å². The summed E-state index contributed by atoms with van der Waals surface area (Å²) >= 11 is 1.51. The molecule has 2 rings (SSSR count). The number of amides is 1. The summed E-state index contributed by atoms with van der Waals surface area (Å²) in [7, 11) is 0. The molecule has 1 fully saturated rings. The molecule has 5 nitrogen and oxygen atoms in total. The summed E-state index contributed by atoms with van der Waals surface area (Å²) in [6.45, 7) is 4.39. The average molecular weight is 296 g/mol. The zero-order valence-corrected chi connectivity index (χ0v) is 12.7. The van der Waals surface area contributed by atoms with E-state index in [0.29, 0.717) is 19.4 Å². The molecule has 0 aliphatic carbocycles. The van der Waals surface area contributed by atoms with Crippen molar-refractivity contribution >= 4 is 23.2 Å². The number of likely N-dealkylation sites (tertiary alicyclic amines) is 1. The molecule has 0 saturated carbocycles. The van der Waals surface area contributed by atoms with E-state index in [9.17, 15) is 14.7 Å². The van der Waals surface area contributed by atoms with Gasteiger partial charge in [-0.05, 0) is 26.2 Å². The lowest BCUT2D eigenvalue weighted by molar-refractivity contribution is -0.157. The maximum absolute atomic E-state index is 12.4. The lowest BCUT2D eigenvalue weighted by atomic mass is 9.90. The number of carboxylic acids is 1. The highest BCUT2D eigenvalue weighted by Gasteiger charge is 2.48. The third-order valence-electron chi connectivity index (χ3n) is 3.85. The highest BCUT2D eigenvalue weighted by atomic mass is 32.1. The van der Waals surface area contributed by atoms with Gasteiger partial charge in [-0.2, -0.15) is 0 Å². The second kappa shape index (κ2) is 5.91. The number of carbonyl (C=O) groups is 2. The van der Waals surface area contributed by atoms with E-state index in [1.54, 1.807) is 4.90 Å². The third-order valence-corrected chi connectivity index (χ3v) is 4.67. The van der Waals surface area contributed by atoms with Crippen molar-refractivity contribution in [3.05, 3.63) is 16.1 Å². The van der Waals surface area contributed by atoms with E-state index in [4.69, 9.17) is 0 Å². The molecule has 1 aliphatic heterocycles. The Morgan fingerprint density at radius 2 is 2.30 bits per heavy atom. The normalized spacial score (nSPS) is 22.2. The molecule has 1 atom stereocenters. The van der Waals surface area contributed by atoms with Gasteiger partial charge < -0.3 is 10.0 Å². The Balaban J connectivity index is 2.16. The fourth-order valence-electron chi connectivity index (χ4n) is 2.98. The molecule has 0 spiro atoms. The Kier molecular flexibility index (Phi) is 4.42. The number of nitrogens with zero attached hydrogens (tertiary/aromatic N) is 2. The Labute approximate surface area is 122 Å². The van der Waals surface area contributed by atoms with Gasteiger partial charge in [-0.3, -0.25) is 4.79 Å². The van der Waals surface area contributed by atoms with E-state index < -0.39 is 11.5 Å². The SMILES string of the molecule is CCCC1(C(=O)O)CCCN1C(=O)Cc1csc(C)n1. The van der Waals surface area contributed by atoms with Crippen LogP contribution in [0.25, 0.3) is 0 Å². The number of aromatic nitrogens is 1. The van der Waals surface area contributed by atoms with Crippen molar-refractivity contribution in [3.8, 4) is 0 Å². The fraction of sp³-hybridized carbons (Fsp3) is 0.643. The first-order valence-electron chi connectivity index (χ1n) is 6.94. The summed E-state index contributed by atoms with van der Waals surface area (Å²) in [5.41, 5.74) is -0.267. The molecule has 1 aromatic rings. The van der Waals surface area contributed by atoms with Crippen LogP contribution in [0.15, 0.2) is 5.38 Å². The first-order valence-corrected chi connectivity index (χ1v) is 7.82. The van der Waals surface area contributed by atoms with Crippen LogP contribution in [0, 0.1) is 6.92 Å². The first kappa shape index (κ1) is 15.0. The van der Waals surface area contributed by atoms with Crippen molar-refractivity contribution in [2.45, 2.75) is 51.5 Å². The van der Waals surface area contributed by atoms with Crippen LogP contribution in [0.2, 0.25) is 0 Å². The van der Waals surface area contributed by atoms with E-state index in [0.717, 1.165) is 23.5 Å². The molecule has 1 N–H and O–H groups in total. The summed E-state index contributed by atoms with van der Waals surface area (Å²) in [6.07, 6.45) is 2.78. The second-order valence-corrected chi connectivity index (χ2v) is 6.33. The van der Waals surface area contributed by atoms with Crippen molar-refractivity contribution in [2.24, 2.45) is 0 Å². The largest absolute Gasteiger partial charge is 0.479 e. The van der Waals surface area contributed by atoms with E-state index in [2.05, 4.69) is 4.98 Å². The van der Waals surface area contributed by atoms with Crippen LogP contribution in [0.1, 0.15) is 43.3 Å². The van der Waals surface area contributed by atoms with Gasteiger partial charge in [0.25, 0.3) is 0 Å². The summed E-state index contributed by atoms with van der Waals surface area (Å²) in [5, 5.41) is 12.4. The standard InChI is InChI=1S/C14H20N2O3S/c1-3-5-14(13(18)19)6-4-7-16(14)12(17)8-11-9-20-10(2)15-11/h9H,3-8H2,1-2H3,(H,18,19). The average Bonchev–Trinajstić information content (AvgIpc) is 2.97. The van der Waals surface area contributed by atoms with Crippen molar-refractivity contribution < 1.29 is 14.7 Å². The molecule has 6 heteroatoms. The van der Waals surface area contributed by atoms with Gasteiger partial charge in [0.2, 0.25) is 5.91 Å². The van der Waals surface area contributed by atoms with Crippen molar-refractivity contribution in [3.63, 3.8) is 0 Å². The molecule has 20 heavy (non-hydrogen) atoms. The van der Waals surface area contributed by atoms with Crippen LogP contribution in [0.4, 0.5) is 0 Å². The molecule has 1 unspecified atom stereocenters. The molecular formula is C14H20N2O3S. The highest BCUT2D eigenvalue weighted by Crippen LogP contribution is 2.34. The van der Waals surface area contributed by atoms with Crippen LogP contribution < -0.4 is 0 Å². The third kappa shape index (κ3) is 2.70. The van der Waals surface area contributed by atoms with Gasteiger partial charge in [-0.15, -0.1) is 11.3 Å². The zero-order chi connectivity index (χ0) is 14.8. The molecule has 2 heterocycles. The molecule has 1 saturated heterocycles. The quantitative estimate of drug-likeness (QED) is 0.904. The molecule has 0 radical (unpaired) electrons. The number of aryl methyl sites for hydroxylation is 1. The number of thiazole rings is 1. The van der Waals surface area contributed by atoms with E-state index in [1.165, 1.54) is 11.3 Å². The lowest BCUT2D eigenvalue weighted by Gasteiger charge is -2.34. The summed E-state index contributed by atoms with van der Waals surface area (Å²) < 4.78 is 0. The lowest BCUT2D eigenvalue weighted by Crippen LogP contribution is -2.53. The van der Waals surface area contributed by atoms with Crippen LogP contribution in [0.3, 0.4) is 0 Å². The Morgan fingerprint density at radius 1 is 1.55 bits per heavy atom. The number of hydrogen-bond acceptors (Lipinski definition) is 4.